The summed E-state index contributed by atoms with van der Waals surface area (Å²) in [6.45, 7) is -0.506. The van der Waals surface area contributed by atoms with E-state index in [4.69, 9.17) is 5.21 Å². The molecule has 0 aliphatic heterocycles. The van der Waals surface area contributed by atoms with Crippen LogP contribution >= 0.6 is 0 Å². The average Bonchev–Trinajstić information content (AvgIpc) is 2.28. The molecule has 1 aromatic carbocycles. The van der Waals surface area contributed by atoms with Crippen molar-refractivity contribution in [2.75, 3.05) is 13.6 Å². The Labute approximate surface area is 104 Å². The number of carbonyl (C=O) groups excluding carboxylic acids is 1. The van der Waals surface area contributed by atoms with Gasteiger partial charge in [-0.3, -0.25) is 10.0 Å². The van der Waals surface area contributed by atoms with E-state index in [1.54, 1.807) is 0 Å². The molecule has 8 heteroatoms. The van der Waals surface area contributed by atoms with Gasteiger partial charge in [0, 0.05) is 7.05 Å². The van der Waals surface area contributed by atoms with Crippen LogP contribution in [0, 0.1) is 5.82 Å². The van der Waals surface area contributed by atoms with Crippen molar-refractivity contribution in [3.05, 3.63) is 35.6 Å². The van der Waals surface area contributed by atoms with Crippen molar-refractivity contribution in [3.8, 4) is 0 Å². The summed E-state index contributed by atoms with van der Waals surface area (Å²) in [5.74, 6) is -1.79. The highest BCUT2D eigenvalue weighted by Gasteiger charge is 2.21. The second kappa shape index (κ2) is 5.89. The van der Waals surface area contributed by atoms with Gasteiger partial charge in [0.25, 0.3) is 5.91 Å². The van der Waals surface area contributed by atoms with Gasteiger partial charge in [0.15, 0.2) is 0 Å². The molecule has 0 fully saturated rings. The van der Waals surface area contributed by atoms with Crippen molar-refractivity contribution in [3.63, 3.8) is 0 Å². The van der Waals surface area contributed by atoms with Gasteiger partial charge in [0.1, 0.15) is 5.82 Å². The Morgan fingerprint density at radius 1 is 1.50 bits per heavy atom. The van der Waals surface area contributed by atoms with Gasteiger partial charge in [-0.2, -0.15) is 4.31 Å². The van der Waals surface area contributed by atoms with Crippen LogP contribution in [0.2, 0.25) is 0 Å². The van der Waals surface area contributed by atoms with Crippen LogP contribution in [-0.4, -0.2) is 37.4 Å². The van der Waals surface area contributed by atoms with Crippen LogP contribution < -0.4 is 5.48 Å². The largest absolute Gasteiger partial charge is 0.289 e. The van der Waals surface area contributed by atoms with E-state index in [0.29, 0.717) is 0 Å². The first-order valence-electron chi connectivity index (χ1n) is 4.96. The molecule has 1 rings (SSSR count). The maximum Gasteiger partial charge on any atom is 0.258 e. The van der Waals surface area contributed by atoms with Crippen LogP contribution in [0.4, 0.5) is 4.39 Å². The number of rotatable bonds is 5. The van der Waals surface area contributed by atoms with Crippen molar-refractivity contribution in [2.24, 2.45) is 0 Å². The van der Waals surface area contributed by atoms with E-state index in [2.05, 4.69) is 0 Å². The van der Waals surface area contributed by atoms with E-state index in [1.165, 1.54) is 30.7 Å². The van der Waals surface area contributed by atoms with Crippen molar-refractivity contribution < 1.29 is 22.8 Å². The van der Waals surface area contributed by atoms with Gasteiger partial charge in [-0.15, -0.1) is 0 Å². The molecule has 0 unspecified atom stereocenters. The zero-order valence-corrected chi connectivity index (χ0v) is 10.4. The predicted octanol–water partition coefficient (Wildman–Crippen LogP) is 0.0927. The molecule has 2 N–H and O–H groups in total. The van der Waals surface area contributed by atoms with Crippen LogP contribution in [0.5, 0.6) is 0 Å². The van der Waals surface area contributed by atoms with Crippen LogP contribution in [0.25, 0.3) is 0 Å². The van der Waals surface area contributed by atoms with E-state index in [-0.39, 0.29) is 5.56 Å². The van der Waals surface area contributed by atoms with E-state index >= 15 is 0 Å². The number of nitrogens with zero attached hydrogens (tertiary/aromatic N) is 1. The van der Waals surface area contributed by atoms with E-state index in [9.17, 15) is 17.6 Å². The monoisotopic (exact) mass is 276 g/mol. The SMILES string of the molecule is CN(CC(=O)NO)S(=O)(=O)Cc1cccc(F)c1. The molecule has 0 aliphatic rings. The minimum Gasteiger partial charge on any atom is -0.289 e. The Morgan fingerprint density at radius 3 is 2.72 bits per heavy atom. The van der Waals surface area contributed by atoms with Gasteiger partial charge in [-0.1, -0.05) is 12.1 Å². The second-order valence-electron chi connectivity index (χ2n) is 3.68. The summed E-state index contributed by atoms with van der Waals surface area (Å²) >= 11 is 0. The lowest BCUT2D eigenvalue weighted by Gasteiger charge is -2.15. The molecule has 0 saturated carbocycles. The van der Waals surface area contributed by atoms with Gasteiger partial charge in [0.2, 0.25) is 10.0 Å². The van der Waals surface area contributed by atoms with Crippen LogP contribution in [0.3, 0.4) is 0 Å². The number of hydroxylamine groups is 1. The molecule has 6 nitrogen and oxygen atoms in total. The highest BCUT2D eigenvalue weighted by molar-refractivity contribution is 7.88. The van der Waals surface area contributed by atoms with E-state index < -0.39 is 34.0 Å². The molecule has 0 heterocycles. The minimum atomic E-state index is -3.74. The average molecular weight is 276 g/mol. The fraction of sp³-hybridized carbons (Fsp3) is 0.300. The summed E-state index contributed by atoms with van der Waals surface area (Å²) in [5, 5.41) is 8.30. The molecule has 18 heavy (non-hydrogen) atoms. The summed E-state index contributed by atoms with van der Waals surface area (Å²) in [7, 11) is -2.54. The Balaban J connectivity index is 2.78. The number of nitrogens with one attached hydrogen (secondary N) is 1. The van der Waals surface area contributed by atoms with Crippen LogP contribution in [0.15, 0.2) is 24.3 Å². The third kappa shape index (κ3) is 4.06. The van der Waals surface area contributed by atoms with Crippen LogP contribution in [0.1, 0.15) is 5.56 Å². The first kappa shape index (κ1) is 14.6. The Bertz CT molecular complexity index is 532. The summed E-state index contributed by atoms with van der Waals surface area (Å²) in [5.41, 5.74) is 1.62. The lowest BCUT2D eigenvalue weighted by Crippen LogP contribution is -2.37. The zero-order chi connectivity index (χ0) is 13.8. The molecule has 0 saturated heterocycles. The van der Waals surface area contributed by atoms with Gasteiger partial charge in [-0.05, 0) is 17.7 Å². The molecule has 0 atom stereocenters. The molecule has 1 aromatic rings. The van der Waals surface area contributed by atoms with Crippen molar-refractivity contribution in [2.45, 2.75) is 5.75 Å². The third-order valence-electron chi connectivity index (χ3n) is 2.20. The number of halogens is 1. The van der Waals surface area contributed by atoms with Crippen molar-refractivity contribution in [1.82, 2.24) is 9.79 Å². The summed E-state index contributed by atoms with van der Waals surface area (Å²) in [4.78, 5) is 10.8. The van der Waals surface area contributed by atoms with Gasteiger partial charge in [0.05, 0.1) is 12.3 Å². The standard InChI is InChI=1S/C10H13FN2O4S/c1-13(6-10(14)12-15)18(16,17)7-8-3-2-4-9(11)5-8/h2-5,15H,6-7H2,1H3,(H,12,14). The molecule has 100 valence electrons. The van der Waals surface area contributed by atoms with Gasteiger partial charge >= 0.3 is 0 Å². The molecule has 1 amide bonds. The molecular weight excluding hydrogens is 263 g/mol. The molecule has 0 aromatic heterocycles. The van der Waals surface area contributed by atoms with Crippen molar-refractivity contribution >= 4 is 15.9 Å². The summed E-state index contributed by atoms with van der Waals surface area (Å²) in [6, 6.07) is 5.19. The zero-order valence-electron chi connectivity index (χ0n) is 9.63. The fourth-order valence-electron chi connectivity index (χ4n) is 1.28. The van der Waals surface area contributed by atoms with E-state index in [0.717, 1.165) is 10.4 Å². The maximum atomic E-state index is 12.9. The third-order valence-corrected chi connectivity index (χ3v) is 3.98. The van der Waals surface area contributed by atoms with Gasteiger partial charge in [-0.25, -0.2) is 18.3 Å². The molecule has 0 bridgehead atoms. The Hall–Kier alpha value is -1.51. The van der Waals surface area contributed by atoms with Gasteiger partial charge < -0.3 is 0 Å². The molecular formula is C10H13FN2O4S. The Kier molecular flexibility index (Phi) is 4.76. The topological polar surface area (TPSA) is 86.7 Å². The summed E-state index contributed by atoms with van der Waals surface area (Å²) < 4.78 is 37.3. The normalized spacial score (nSPS) is 11.6. The fourth-order valence-corrected chi connectivity index (χ4v) is 2.42. The van der Waals surface area contributed by atoms with Crippen molar-refractivity contribution in [1.29, 1.82) is 0 Å². The van der Waals surface area contributed by atoms with Crippen LogP contribution in [-0.2, 0) is 20.6 Å². The number of hydrogen-bond acceptors (Lipinski definition) is 4. The highest BCUT2D eigenvalue weighted by Crippen LogP contribution is 2.10. The number of sulfonamides is 1. The number of hydrogen-bond donors (Lipinski definition) is 2. The lowest BCUT2D eigenvalue weighted by molar-refractivity contribution is -0.129. The number of benzene rings is 1. The second-order valence-corrected chi connectivity index (χ2v) is 5.75. The van der Waals surface area contributed by atoms with E-state index in [1.807, 2.05) is 0 Å². The number of carbonyl (C=O) groups is 1. The number of amides is 1. The first-order valence-corrected chi connectivity index (χ1v) is 6.57. The molecule has 0 aliphatic carbocycles. The maximum absolute atomic E-state index is 12.9. The molecule has 0 spiro atoms. The predicted molar refractivity (Wildman–Crippen MR) is 61.6 cm³/mol. The summed E-state index contributed by atoms with van der Waals surface area (Å²) in [6.07, 6.45) is 0. The smallest absolute Gasteiger partial charge is 0.258 e. The lowest BCUT2D eigenvalue weighted by atomic mass is 10.2. The Morgan fingerprint density at radius 2 is 2.17 bits per heavy atom. The highest BCUT2D eigenvalue weighted by atomic mass is 32.2. The molecule has 0 radical (unpaired) electrons. The quantitative estimate of drug-likeness (QED) is 0.589. The number of likely N-dealkylation sites (N-methyl/N-ethyl adjacent to an activating group) is 1. The minimum absolute atomic E-state index is 0.284. The first-order chi connectivity index (χ1) is 8.35.